The quantitative estimate of drug-likeness (QED) is 0.263. The molecule has 158 valence electrons. The molecule has 4 aromatic rings. The average molecular weight is 485 g/mol. The van der Waals surface area contributed by atoms with Gasteiger partial charge in [-0.05, 0) is 41.8 Å². The van der Waals surface area contributed by atoms with E-state index < -0.39 is 0 Å². The van der Waals surface area contributed by atoms with Crippen LogP contribution >= 0.6 is 15.9 Å². The second-order valence-electron chi connectivity index (χ2n) is 7.90. The fourth-order valence-corrected chi connectivity index (χ4v) is 4.55. The summed E-state index contributed by atoms with van der Waals surface area (Å²) in [7, 11) is 0. The van der Waals surface area contributed by atoms with E-state index in [9.17, 15) is 4.79 Å². The summed E-state index contributed by atoms with van der Waals surface area (Å²) in [5.74, 6) is 1.07. The lowest BCUT2D eigenvalue weighted by Crippen LogP contribution is -2.25. The molecule has 4 nitrogen and oxygen atoms in total. The zero-order chi connectivity index (χ0) is 22.0. The lowest BCUT2D eigenvalue weighted by molar-refractivity contribution is -0.122. The monoisotopic (exact) mass is 484 g/mol. The van der Waals surface area contributed by atoms with E-state index in [1.165, 1.54) is 6.21 Å². The van der Waals surface area contributed by atoms with Crippen molar-refractivity contribution in [3.63, 3.8) is 0 Å². The largest absolute Gasteiger partial charge is 0.455 e. The third-order valence-electron chi connectivity index (χ3n) is 5.98. The van der Waals surface area contributed by atoms with Crippen LogP contribution in [0.5, 0.6) is 0 Å². The van der Waals surface area contributed by atoms with Crippen molar-refractivity contribution < 1.29 is 9.21 Å². The van der Waals surface area contributed by atoms with Gasteiger partial charge in [-0.2, -0.15) is 5.10 Å². The highest BCUT2D eigenvalue weighted by Gasteiger charge is 2.60. The minimum atomic E-state index is -0.304. The van der Waals surface area contributed by atoms with Gasteiger partial charge in [-0.3, -0.25) is 4.79 Å². The number of benzene rings is 3. The van der Waals surface area contributed by atoms with Crippen molar-refractivity contribution in [1.82, 2.24) is 5.43 Å². The van der Waals surface area contributed by atoms with Crippen molar-refractivity contribution in [2.75, 3.05) is 0 Å². The number of nitrogens with one attached hydrogen (secondary N) is 1. The molecule has 1 saturated carbocycles. The molecule has 32 heavy (non-hydrogen) atoms. The number of hydrogen-bond acceptors (Lipinski definition) is 3. The summed E-state index contributed by atoms with van der Waals surface area (Å²) in [5.41, 5.74) is 5.69. The van der Waals surface area contributed by atoms with Gasteiger partial charge in [0.25, 0.3) is 0 Å². The first-order valence-corrected chi connectivity index (χ1v) is 11.3. The molecule has 0 aliphatic heterocycles. The predicted octanol–water partition coefficient (Wildman–Crippen LogP) is 6.17. The van der Waals surface area contributed by atoms with Crippen LogP contribution in [0, 0.1) is 5.92 Å². The number of amides is 1. The van der Waals surface area contributed by atoms with Crippen LogP contribution in [0.1, 0.15) is 23.3 Å². The highest BCUT2D eigenvalue weighted by atomic mass is 79.9. The smallest absolute Gasteiger partial charge is 0.244 e. The number of furan rings is 1. The Kier molecular flexibility index (Phi) is 5.50. The van der Waals surface area contributed by atoms with E-state index in [1.54, 1.807) is 0 Å². The maximum absolute atomic E-state index is 13.0. The minimum Gasteiger partial charge on any atom is -0.455 e. The molecule has 1 N–H and O–H groups in total. The number of carbonyl (C=O) groups excluding carboxylic acids is 1. The number of carbonyl (C=O) groups is 1. The Morgan fingerprint density at radius 3 is 2.16 bits per heavy atom. The summed E-state index contributed by atoms with van der Waals surface area (Å²) in [5, 5.41) is 4.15. The molecule has 1 amide bonds. The Balaban J connectivity index is 1.29. The molecule has 0 unspecified atom stereocenters. The van der Waals surface area contributed by atoms with E-state index in [4.69, 9.17) is 4.42 Å². The Morgan fingerprint density at radius 2 is 1.53 bits per heavy atom. The second kappa shape index (κ2) is 8.60. The summed E-state index contributed by atoms with van der Waals surface area (Å²) in [6.45, 7) is 0. The highest BCUT2D eigenvalue weighted by Crippen LogP contribution is 2.58. The molecular weight excluding hydrogens is 464 g/mol. The summed E-state index contributed by atoms with van der Waals surface area (Å²) < 4.78 is 6.84. The Morgan fingerprint density at radius 1 is 0.906 bits per heavy atom. The van der Waals surface area contributed by atoms with Crippen LogP contribution in [-0.2, 0) is 10.2 Å². The minimum absolute atomic E-state index is 0.0892. The summed E-state index contributed by atoms with van der Waals surface area (Å²) in [6, 6.07) is 32.1. The van der Waals surface area contributed by atoms with Gasteiger partial charge in [0, 0.05) is 15.5 Å². The molecule has 5 heteroatoms. The molecule has 1 fully saturated rings. The summed E-state index contributed by atoms with van der Waals surface area (Å²) >= 11 is 3.43. The molecule has 5 rings (SSSR count). The fourth-order valence-electron chi connectivity index (χ4n) is 4.28. The van der Waals surface area contributed by atoms with Crippen LogP contribution in [0.2, 0.25) is 0 Å². The molecule has 1 aliphatic carbocycles. The molecule has 0 bridgehead atoms. The number of halogens is 1. The van der Waals surface area contributed by atoms with Gasteiger partial charge in [-0.15, -0.1) is 0 Å². The van der Waals surface area contributed by atoms with Crippen molar-refractivity contribution >= 4 is 28.1 Å². The third-order valence-corrected chi connectivity index (χ3v) is 6.51. The van der Waals surface area contributed by atoms with Gasteiger partial charge in [0.15, 0.2) is 0 Å². The van der Waals surface area contributed by atoms with E-state index in [0.717, 1.165) is 33.3 Å². The molecule has 1 atom stereocenters. The molecule has 3 aromatic carbocycles. The Hall–Kier alpha value is -3.44. The van der Waals surface area contributed by atoms with Crippen molar-refractivity contribution in [2.24, 2.45) is 11.0 Å². The van der Waals surface area contributed by atoms with Gasteiger partial charge >= 0.3 is 0 Å². The molecule has 1 aliphatic rings. The molecule has 0 radical (unpaired) electrons. The molecule has 0 spiro atoms. The van der Waals surface area contributed by atoms with Crippen LogP contribution in [0.3, 0.4) is 0 Å². The Bertz CT molecular complexity index is 1210. The first kappa shape index (κ1) is 20.5. The standard InChI is InChI=1S/C27H21BrN2O2/c28-22-13-11-19(12-14-22)25-16-15-23(32-25)18-29-30-26(31)24-17-27(24,20-7-3-1-4-8-20)21-9-5-2-6-10-21/h1-16,18,24H,17H2,(H,30,31)/b29-18-/t24-/m0/s1. The zero-order valence-corrected chi connectivity index (χ0v) is 18.8. The third kappa shape index (κ3) is 3.92. The SMILES string of the molecule is O=C(N/N=C\c1ccc(-c2ccc(Br)cc2)o1)[C@@H]1CC1(c1ccccc1)c1ccccc1. The fraction of sp³-hybridized carbons (Fsp3) is 0.111. The number of hydrogen-bond donors (Lipinski definition) is 1. The topological polar surface area (TPSA) is 54.6 Å². The number of hydrazone groups is 1. The normalized spacial score (nSPS) is 16.7. The van der Waals surface area contributed by atoms with E-state index in [1.807, 2.05) is 72.8 Å². The maximum Gasteiger partial charge on any atom is 0.244 e. The van der Waals surface area contributed by atoms with Crippen molar-refractivity contribution in [2.45, 2.75) is 11.8 Å². The number of rotatable bonds is 6. The lowest BCUT2D eigenvalue weighted by Gasteiger charge is -2.18. The average Bonchev–Trinajstić information content (AvgIpc) is 3.44. The van der Waals surface area contributed by atoms with Gasteiger partial charge in [-0.25, -0.2) is 5.43 Å². The molecular formula is C27H21BrN2O2. The zero-order valence-electron chi connectivity index (χ0n) is 17.2. The van der Waals surface area contributed by atoms with E-state index in [-0.39, 0.29) is 17.2 Å². The van der Waals surface area contributed by atoms with Crippen molar-refractivity contribution in [1.29, 1.82) is 0 Å². The van der Waals surface area contributed by atoms with Crippen molar-refractivity contribution in [3.8, 4) is 11.3 Å². The van der Waals surface area contributed by atoms with Gasteiger partial charge in [-0.1, -0.05) is 88.7 Å². The Labute approximate surface area is 195 Å². The first-order chi connectivity index (χ1) is 15.7. The van der Waals surface area contributed by atoms with Gasteiger partial charge in [0.05, 0.1) is 12.1 Å². The summed E-state index contributed by atoms with van der Waals surface area (Å²) in [4.78, 5) is 13.0. The van der Waals surface area contributed by atoms with Gasteiger partial charge in [0.1, 0.15) is 11.5 Å². The van der Waals surface area contributed by atoms with Gasteiger partial charge in [0.2, 0.25) is 5.91 Å². The maximum atomic E-state index is 13.0. The first-order valence-electron chi connectivity index (χ1n) is 10.5. The van der Waals surface area contributed by atoms with Crippen LogP contribution in [0.4, 0.5) is 0 Å². The van der Waals surface area contributed by atoms with Crippen LogP contribution in [-0.4, -0.2) is 12.1 Å². The van der Waals surface area contributed by atoms with E-state index in [0.29, 0.717) is 5.76 Å². The predicted molar refractivity (Wildman–Crippen MR) is 129 cm³/mol. The highest BCUT2D eigenvalue weighted by molar-refractivity contribution is 9.10. The van der Waals surface area contributed by atoms with Crippen molar-refractivity contribution in [3.05, 3.63) is 118 Å². The van der Waals surface area contributed by atoms with Gasteiger partial charge < -0.3 is 4.42 Å². The molecule has 0 saturated heterocycles. The second-order valence-corrected chi connectivity index (χ2v) is 8.82. The van der Waals surface area contributed by atoms with E-state index in [2.05, 4.69) is 50.7 Å². The van der Waals surface area contributed by atoms with E-state index >= 15 is 0 Å². The number of nitrogens with zero attached hydrogens (tertiary/aromatic N) is 1. The van der Waals surface area contributed by atoms with Crippen LogP contribution < -0.4 is 5.43 Å². The lowest BCUT2D eigenvalue weighted by atomic mass is 9.85. The molecule has 1 aromatic heterocycles. The summed E-state index contributed by atoms with van der Waals surface area (Å²) in [6.07, 6.45) is 2.30. The molecule has 1 heterocycles. The van der Waals surface area contributed by atoms with Crippen LogP contribution in [0.25, 0.3) is 11.3 Å². The van der Waals surface area contributed by atoms with Crippen LogP contribution in [0.15, 0.2) is 111 Å².